The van der Waals surface area contributed by atoms with Gasteiger partial charge in [0.1, 0.15) is 18.0 Å². The molecule has 8 fully saturated rings. The molecule has 0 heterocycles. The Morgan fingerprint density at radius 2 is 1.08 bits per heavy atom. The fraction of sp³-hybridized carbons (Fsp3) is 0.593. The van der Waals surface area contributed by atoms with Gasteiger partial charge in [0.15, 0.2) is 5.41 Å². The van der Waals surface area contributed by atoms with Crippen LogP contribution in [0.4, 0.5) is 0 Å². The number of rotatable bonds is 11. The summed E-state index contributed by atoms with van der Waals surface area (Å²) in [5.41, 5.74) is 0.597. The van der Waals surface area contributed by atoms with E-state index in [1.807, 2.05) is 12.1 Å². The van der Waals surface area contributed by atoms with E-state index in [4.69, 9.17) is 18.6 Å². The average Bonchev–Trinajstić information content (AvgIpc) is 3.42. The number of carbonyl (C=O) groups is 2. The molecule has 9 aliphatic rings. The Morgan fingerprint density at radius 3 is 1.48 bits per heavy atom. The minimum absolute atomic E-state index is 0.129. The van der Waals surface area contributed by atoms with Crippen molar-refractivity contribution in [1.29, 1.82) is 0 Å². The lowest BCUT2D eigenvalue weighted by molar-refractivity contribution is -0.199. The van der Waals surface area contributed by atoms with Gasteiger partial charge < -0.3 is 18.6 Å². The molecule has 0 radical (unpaired) electrons. The van der Waals surface area contributed by atoms with Gasteiger partial charge in [0.2, 0.25) is 0 Å². The molecule has 8 bridgehead atoms. The molecule has 7 heteroatoms. The van der Waals surface area contributed by atoms with Crippen LogP contribution in [0, 0.1) is 52.8 Å². The molecule has 6 nitrogen and oxygen atoms in total. The Balaban J connectivity index is 1.11. The highest BCUT2D eigenvalue weighted by Crippen LogP contribution is 2.58. The van der Waals surface area contributed by atoms with Gasteiger partial charge in [-0.05, 0) is 175 Å². The van der Waals surface area contributed by atoms with Crippen molar-refractivity contribution in [2.45, 2.75) is 141 Å². The third-order valence-electron chi connectivity index (χ3n) is 17.2. The standard InChI is InChI=1S/C54H68O6Si/c1-6-38-32-54(51(55)58-49-40-23-34-21-35(25-40)26-41(49)24-34,52(56)59-50-42-27-36-22-37(29-42)30-43(50)28-36)33-44(39-17-19-45(57-5)20-18-39)31-48(38)60-61(53(2,3)4,46-13-9-7-10-14-46)47-15-11-8-12-16-47/h7-20,34-37,40-44,49-50H,6,21-33H2,1-5H3/t34?,35?,36?,37?,40?,41?,42?,43?,44-,49?,50?,54?/m0/s1. The van der Waals surface area contributed by atoms with Gasteiger partial charge in [0.05, 0.1) is 12.9 Å². The van der Waals surface area contributed by atoms with Crippen LogP contribution in [0.25, 0.3) is 0 Å². The summed E-state index contributed by atoms with van der Waals surface area (Å²) in [6, 6.07) is 29.9. The van der Waals surface area contributed by atoms with Crippen molar-refractivity contribution >= 4 is 30.6 Å². The molecule has 3 aromatic rings. The molecule has 8 saturated carbocycles. The molecule has 61 heavy (non-hydrogen) atoms. The largest absolute Gasteiger partial charge is 0.537 e. The third kappa shape index (κ3) is 7.30. The minimum atomic E-state index is -3.08. The maximum Gasteiger partial charge on any atom is 0.324 e. The van der Waals surface area contributed by atoms with Gasteiger partial charge in [-0.2, -0.15) is 0 Å². The number of allylic oxidation sites excluding steroid dienone is 2. The number of hydrogen-bond acceptors (Lipinski definition) is 6. The number of methoxy groups -OCH3 is 1. The molecule has 0 N–H and O–H groups in total. The Morgan fingerprint density at radius 1 is 0.639 bits per heavy atom. The van der Waals surface area contributed by atoms with E-state index in [9.17, 15) is 0 Å². The van der Waals surface area contributed by atoms with Crippen LogP contribution in [0.15, 0.2) is 96.3 Å². The fourth-order valence-corrected chi connectivity index (χ4v) is 19.3. The second-order valence-electron chi connectivity index (χ2n) is 21.9. The molecular formula is C54H68O6Si. The summed E-state index contributed by atoms with van der Waals surface area (Å²) in [4.78, 5) is 31.6. The summed E-state index contributed by atoms with van der Waals surface area (Å²) in [7, 11) is -1.39. The maximum absolute atomic E-state index is 15.8. The predicted molar refractivity (Wildman–Crippen MR) is 242 cm³/mol. The summed E-state index contributed by atoms with van der Waals surface area (Å²) >= 11 is 0. The highest BCUT2D eigenvalue weighted by molar-refractivity contribution is 6.99. The van der Waals surface area contributed by atoms with Crippen molar-refractivity contribution in [3.63, 3.8) is 0 Å². The van der Waals surface area contributed by atoms with Crippen LogP contribution in [-0.4, -0.2) is 39.6 Å². The molecule has 0 amide bonds. The van der Waals surface area contributed by atoms with Crippen LogP contribution in [-0.2, 0) is 23.5 Å². The van der Waals surface area contributed by atoms with Crippen LogP contribution in [0.2, 0.25) is 5.04 Å². The van der Waals surface area contributed by atoms with Crippen molar-refractivity contribution in [3.8, 4) is 5.75 Å². The first-order chi connectivity index (χ1) is 29.5. The zero-order chi connectivity index (χ0) is 42.1. The zero-order valence-corrected chi connectivity index (χ0v) is 38.3. The fourth-order valence-electron chi connectivity index (χ4n) is 14.8. The van der Waals surface area contributed by atoms with Gasteiger partial charge in [-0.1, -0.05) is 100 Å². The van der Waals surface area contributed by atoms with Crippen molar-refractivity contribution in [2.24, 2.45) is 52.8 Å². The van der Waals surface area contributed by atoms with E-state index in [1.54, 1.807) is 7.11 Å². The second kappa shape index (κ2) is 16.1. The monoisotopic (exact) mass is 840 g/mol. The van der Waals surface area contributed by atoms with Gasteiger partial charge in [0, 0.05) is 6.42 Å². The number of ether oxygens (including phenoxy) is 3. The van der Waals surface area contributed by atoms with Gasteiger partial charge in [0.25, 0.3) is 0 Å². The van der Waals surface area contributed by atoms with E-state index >= 15 is 9.59 Å². The topological polar surface area (TPSA) is 71.1 Å². The molecule has 324 valence electrons. The maximum atomic E-state index is 15.8. The van der Waals surface area contributed by atoms with Gasteiger partial charge in [-0.15, -0.1) is 0 Å². The Bertz CT molecular complexity index is 1950. The lowest BCUT2D eigenvalue weighted by atomic mass is 9.55. The minimum Gasteiger partial charge on any atom is -0.537 e. The molecular weight excluding hydrogens is 773 g/mol. The van der Waals surface area contributed by atoms with E-state index in [0.717, 1.165) is 97.7 Å². The third-order valence-corrected chi connectivity index (χ3v) is 22.1. The number of benzene rings is 3. The normalized spacial score (nSPS) is 35.1. The lowest BCUT2D eigenvalue weighted by Crippen LogP contribution is -2.66. The van der Waals surface area contributed by atoms with E-state index in [0.29, 0.717) is 42.9 Å². The summed E-state index contributed by atoms with van der Waals surface area (Å²) in [5.74, 6) is 5.33. The average molecular weight is 841 g/mol. The van der Waals surface area contributed by atoms with Crippen LogP contribution in [0.3, 0.4) is 0 Å². The van der Waals surface area contributed by atoms with Crippen LogP contribution in [0.1, 0.15) is 129 Å². The van der Waals surface area contributed by atoms with Crippen molar-refractivity contribution < 1.29 is 28.2 Å². The van der Waals surface area contributed by atoms with Gasteiger partial charge in [-0.25, -0.2) is 0 Å². The quantitative estimate of drug-likeness (QED) is 0.109. The van der Waals surface area contributed by atoms with E-state index in [1.165, 1.54) is 23.2 Å². The smallest absolute Gasteiger partial charge is 0.324 e. The van der Waals surface area contributed by atoms with E-state index in [-0.39, 0.29) is 41.5 Å². The summed E-state index contributed by atoms with van der Waals surface area (Å²) < 4.78 is 27.6. The predicted octanol–water partition coefficient (Wildman–Crippen LogP) is 10.9. The molecule has 1 atom stereocenters. The Labute approximate surface area is 365 Å². The highest BCUT2D eigenvalue weighted by Gasteiger charge is 2.60. The molecule has 9 aliphatic carbocycles. The molecule has 0 unspecified atom stereocenters. The number of hydrogen-bond donors (Lipinski definition) is 0. The first kappa shape index (κ1) is 41.2. The molecule has 12 rings (SSSR count). The van der Waals surface area contributed by atoms with Gasteiger partial charge in [-0.3, -0.25) is 9.59 Å². The highest BCUT2D eigenvalue weighted by atomic mass is 28.4. The molecule has 0 aromatic heterocycles. The summed E-state index contributed by atoms with van der Waals surface area (Å²) in [6.07, 6.45) is 13.3. The molecule has 0 saturated heterocycles. The summed E-state index contributed by atoms with van der Waals surface area (Å²) in [6.45, 7) is 9.13. The Kier molecular flexibility index (Phi) is 10.8. The van der Waals surface area contributed by atoms with Crippen LogP contribution in [0.5, 0.6) is 5.75 Å². The number of carbonyl (C=O) groups excluding carboxylic acids is 2. The number of esters is 2. The second-order valence-corrected chi connectivity index (χ2v) is 26.1. The van der Waals surface area contributed by atoms with Crippen LogP contribution >= 0.6 is 0 Å². The first-order valence-electron chi connectivity index (χ1n) is 24.0. The van der Waals surface area contributed by atoms with Gasteiger partial charge >= 0.3 is 20.3 Å². The molecule has 0 aliphatic heterocycles. The van der Waals surface area contributed by atoms with Crippen LogP contribution < -0.4 is 15.1 Å². The summed E-state index contributed by atoms with van der Waals surface area (Å²) in [5, 5.41) is 2.14. The Hall–Kier alpha value is -3.84. The first-order valence-corrected chi connectivity index (χ1v) is 25.9. The lowest BCUT2D eigenvalue weighted by Gasteiger charge is -2.54. The molecule has 3 aromatic carbocycles. The van der Waals surface area contributed by atoms with Crippen molar-refractivity contribution in [2.75, 3.05) is 7.11 Å². The zero-order valence-electron chi connectivity index (χ0n) is 37.3. The van der Waals surface area contributed by atoms with E-state index in [2.05, 4.69) is 100 Å². The van der Waals surface area contributed by atoms with Crippen molar-refractivity contribution in [3.05, 3.63) is 102 Å². The van der Waals surface area contributed by atoms with E-state index < -0.39 is 13.7 Å². The molecule has 0 spiro atoms. The van der Waals surface area contributed by atoms with Crippen molar-refractivity contribution in [1.82, 2.24) is 0 Å². The SMILES string of the molecule is CCC1=C(O[Si](c2ccccc2)(c2ccccc2)C(C)(C)C)C[C@H](c2ccc(OC)cc2)CC(C(=O)OC2C3CC4CC(C3)CC2C4)(C(=O)OC2C3CC4CC(C3)CC2C4)C1.